The lowest BCUT2D eigenvalue weighted by Crippen LogP contribution is -2.29. The maximum Gasteiger partial charge on any atom is 0.331 e. The van der Waals surface area contributed by atoms with Crippen LogP contribution >= 0.6 is 0 Å². The van der Waals surface area contributed by atoms with Crippen molar-refractivity contribution in [2.45, 2.75) is 31.3 Å². The van der Waals surface area contributed by atoms with Crippen molar-refractivity contribution in [1.29, 1.82) is 0 Å². The number of hydrogen-bond acceptors (Lipinski definition) is 4. The van der Waals surface area contributed by atoms with Crippen LogP contribution in [0.3, 0.4) is 0 Å². The predicted molar refractivity (Wildman–Crippen MR) is 129 cm³/mol. The molecule has 0 amide bonds. The summed E-state index contributed by atoms with van der Waals surface area (Å²) in [5.41, 5.74) is 3.60. The molecule has 2 aliphatic rings. The molecule has 0 radical (unpaired) electrons. The lowest BCUT2D eigenvalue weighted by atomic mass is 9.82. The third kappa shape index (κ3) is 5.34. The molecule has 0 saturated carbocycles. The minimum Gasteiger partial charge on any atom is -0.458 e. The second-order valence-electron chi connectivity index (χ2n) is 8.66. The molecule has 4 rings (SSSR count). The number of hydrogen-bond donors (Lipinski definition) is 0. The molecular weight excluding hydrogens is 434 g/mol. The number of nitrogens with zero attached hydrogens (tertiary/aromatic N) is 1. The van der Waals surface area contributed by atoms with Gasteiger partial charge in [0, 0.05) is 25.1 Å². The number of allylic oxidation sites excluding steroid dienone is 2. The smallest absolute Gasteiger partial charge is 0.331 e. The van der Waals surface area contributed by atoms with Gasteiger partial charge in [-0.1, -0.05) is 66.8 Å². The van der Waals surface area contributed by atoms with Gasteiger partial charge in [-0.05, 0) is 54.5 Å². The normalized spacial score (nSPS) is 23.5. The van der Waals surface area contributed by atoms with Crippen LogP contribution in [0, 0.1) is 18.8 Å². The molecule has 33 heavy (non-hydrogen) atoms. The van der Waals surface area contributed by atoms with E-state index in [-0.39, 0.29) is 18.4 Å². The first-order valence-electron chi connectivity index (χ1n) is 11.2. The Morgan fingerprint density at radius 1 is 1.12 bits per heavy atom. The first-order chi connectivity index (χ1) is 15.8. The SMILES string of the molecule is C=C1/C(=C/C(=O)OCc2ccccc2)CC/C=C\[C@@H]2CN(S(=O)(=O)c3ccc(C)cc3)C[C@H]12. The highest BCUT2D eigenvalue weighted by Gasteiger charge is 2.40. The molecule has 1 saturated heterocycles. The van der Waals surface area contributed by atoms with Crippen LogP contribution in [0.2, 0.25) is 0 Å². The number of benzene rings is 2. The minimum atomic E-state index is -3.59. The molecule has 5 nitrogen and oxygen atoms in total. The van der Waals surface area contributed by atoms with E-state index in [1.165, 1.54) is 6.08 Å². The lowest BCUT2D eigenvalue weighted by molar-refractivity contribution is -0.139. The Labute approximate surface area is 196 Å². The molecule has 1 fully saturated rings. The Kier molecular flexibility index (Phi) is 6.96. The van der Waals surface area contributed by atoms with Crippen molar-refractivity contribution in [1.82, 2.24) is 4.31 Å². The highest BCUT2D eigenvalue weighted by molar-refractivity contribution is 7.89. The van der Waals surface area contributed by atoms with E-state index in [1.54, 1.807) is 16.4 Å². The van der Waals surface area contributed by atoms with Gasteiger partial charge in [-0.15, -0.1) is 0 Å². The van der Waals surface area contributed by atoms with E-state index < -0.39 is 16.0 Å². The molecule has 2 aromatic rings. The van der Waals surface area contributed by atoms with E-state index in [4.69, 9.17) is 4.74 Å². The molecule has 0 N–H and O–H groups in total. The highest BCUT2D eigenvalue weighted by atomic mass is 32.2. The largest absolute Gasteiger partial charge is 0.458 e. The van der Waals surface area contributed by atoms with Crippen LogP contribution in [-0.4, -0.2) is 31.8 Å². The number of esters is 1. The Hall–Kier alpha value is -2.96. The lowest BCUT2D eigenvalue weighted by Gasteiger charge is -2.23. The monoisotopic (exact) mass is 463 g/mol. The van der Waals surface area contributed by atoms with Gasteiger partial charge < -0.3 is 4.74 Å². The number of fused-ring (bicyclic) bond motifs is 1. The van der Waals surface area contributed by atoms with Crippen molar-refractivity contribution in [3.8, 4) is 0 Å². The summed E-state index contributed by atoms with van der Waals surface area (Å²) >= 11 is 0. The number of ether oxygens (including phenoxy) is 1. The third-order valence-electron chi connectivity index (χ3n) is 6.33. The summed E-state index contributed by atoms with van der Waals surface area (Å²) in [5, 5.41) is 0. The van der Waals surface area contributed by atoms with E-state index in [1.807, 2.05) is 49.4 Å². The van der Waals surface area contributed by atoms with Crippen molar-refractivity contribution < 1.29 is 17.9 Å². The molecule has 0 aromatic heterocycles. The molecule has 1 heterocycles. The number of carbonyl (C=O) groups is 1. The van der Waals surface area contributed by atoms with Crippen molar-refractivity contribution in [2.24, 2.45) is 11.8 Å². The Balaban J connectivity index is 1.49. The molecule has 1 aliphatic heterocycles. The van der Waals surface area contributed by atoms with Crippen LogP contribution in [0.25, 0.3) is 0 Å². The Morgan fingerprint density at radius 2 is 1.85 bits per heavy atom. The van der Waals surface area contributed by atoms with Gasteiger partial charge in [0.05, 0.1) is 4.90 Å². The summed E-state index contributed by atoms with van der Waals surface area (Å²) in [6.07, 6.45) is 7.15. The fourth-order valence-electron chi connectivity index (χ4n) is 4.40. The zero-order valence-electron chi connectivity index (χ0n) is 18.8. The molecule has 0 unspecified atom stereocenters. The van der Waals surface area contributed by atoms with Gasteiger partial charge in [0.15, 0.2) is 0 Å². The molecule has 1 aliphatic carbocycles. The summed E-state index contributed by atoms with van der Waals surface area (Å²) < 4.78 is 33.4. The van der Waals surface area contributed by atoms with Gasteiger partial charge in [0.25, 0.3) is 0 Å². The molecule has 6 heteroatoms. The highest BCUT2D eigenvalue weighted by Crippen LogP contribution is 2.38. The second kappa shape index (κ2) is 9.89. The van der Waals surface area contributed by atoms with E-state index in [2.05, 4.69) is 18.7 Å². The van der Waals surface area contributed by atoms with Crippen LogP contribution in [0.5, 0.6) is 0 Å². The average Bonchev–Trinajstić information content (AvgIpc) is 3.24. The van der Waals surface area contributed by atoms with Crippen LogP contribution in [0.15, 0.2) is 95.4 Å². The first kappa shape index (κ1) is 23.2. The van der Waals surface area contributed by atoms with Gasteiger partial charge in [0.1, 0.15) is 6.61 Å². The molecule has 0 bridgehead atoms. The van der Waals surface area contributed by atoms with Gasteiger partial charge in [-0.2, -0.15) is 4.31 Å². The summed E-state index contributed by atoms with van der Waals surface area (Å²) in [7, 11) is -3.59. The van der Waals surface area contributed by atoms with Crippen LogP contribution < -0.4 is 0 Å². The minimum absolute atomic E-state index is 0.0294. The summed E-state index contributed by atoms with van der Waals surface area (Å²) in [6, 6.07) is 16.5. The van der Waals surface area contributed by atoms with E-state index >= 15 is 0 Å². The average molecular weight is 464 g/mol. The van der Waals surface area contributed by atoms with E-state index in [9.17, 15) is 13.2 Å². The summed E-state index contributed by atoms with van der Waals surface area (Å²) in [5.74, 6) is -0.449. The molecule has 0 spiro atoms. The standard InChI is InChI=1S/C27H29NO4S/c1-20-12-14-25(15-13-20)33(30,31)28-17-24-11-7-6-10-23(21(2)26(24)18-28)16-27(29)32-19-22-8-4-3-5-9-22/h3-5,7-9,11-16,24,26H,2,6,10,17-19H2,1H3/b11-7-,23-16+/t24-,26-/m1/s1. The van der Waals surface area contributed by atoms with Crippen LogP contribution in [-0.2, 0) is 26.2 Å². The zero-order valence-corrected chi connectivity index (χ0v) is 19.6. The summed E-state index contributed by atoms with van der Waals surface area (Å²) in [4.78, 5) is 12.8. The van der Waals surface area contributed by atoms with Crippen molar-refractivity contribution in [3.63, 3.8) is 0 Å². The quantitative estimate of drug-likeness (QED) is 0.363. The maximum atomic E-state index is 13.2. The van der Waals surface area contributed by atoms with E-state index in [0.29, 0.717) is 24.4 Å². The van der Waals surface area contributed by atoms with Crippen molar-refractivity contribution in [3.05, 3.63) is 102 Å². The van der Waals surface area contributed by atoms with Gasteiger partial charge in [-0.3, -0.25) is 0 Å². The number of carbonyl (C=O) groups excluding carboxylic acids is 1. The maximum absolute atomic E-state index is 13.2. The topological polar surface area (TPSA) is 63.7 Å². The van der Waals surface area contributed by atoms with Crippen LogP contribution in [0.1, 0.15) is 24.0 Å². The predicted octanol–water partition coefficient (Wildman–Crippen LogP) is 4.81. The second-order valence-corrected chi connectivity index (χ2v) is 10.6. The summed E-state index contributed by atoms with van der Waals surface area (Å²) in [6.45, 7) is 7.18. The van der Waals surface area contributed by atoms with Crippen LogP contribution in [0.4, 0.5) is 0 Å². The third-order valence-corrected chi connectivity index (χ3v) is 8.18. The van der Waals surface area contributed by atoms with E-state index in [0.717, 1.165) is 28.7 Å². The van der Waals surface area contributed by atoms with Gasteiger partial charge in [-0.25, -0.2) is 13.2 Å². The van der Waals surface area contributed by atoms with Gasteiger partial charge in [0.2, 0.25) is 10.0 Å². The fraction of sp³-hybridized carbons (Fsp3) is 0.296. The molecule has 172 valence electrons. The first-order valence-corrected chi connectivity index (χ1v) is 12.6. The van der Waals surface area contributed by atoms with Crippen molar-refractivity contribution in [2.75, 3.05) is 13.1 Å². The molecule has 2 atom stereocenters. The fourth-order valence-corrected chi connectivity index (χ4v) is 5.90. The number of rotatable bonds is 5. The van der Waals surface area contributed by atoms with Crippen molar-refractivity contribution >= 4 is 16.0 Å². The number of sulfonamides is 1. The molecular formula is C27H29NO4S. The Morgan fingerprint density at radius 3 is 2.58 bits per heavy atom. The Bertz CT molecular complexity index is 1180. The van der Waals surface area contributed by atoms with Gasteiger partial charge >= 0.3 is 5.97 Å². The molecule has 2 aromatic carbocycles. The zero-order chi connectivity index (χ0) is 23.4. The number of aryl methyl sites for hydroxylation is 1.